The molecule has 1 saturated carbocycles. The maximum absolute atomic E-state index is 11.9. The third-order valence-electron chi connectivity index (χ3n) is 3.11. The second kappa shape index (κ2) is 4.05. The standard InChI is InChI=1S/C13H13N3O/c17-13(15-12-6-7-14-16-12)11-8-10(11)9-4-2-1-3-5-9/h1-7,10-11H,8H2,(H2,14,15,16,17)/t10-,11+/m1/s1. The van der Waals surface area contributed by atoms with Crippen molar-refractivity contribution in [2.24, 2.45) is 5.92 Å². The van der Waals surface area contributed by atoms with E-state index in [1.807, 2.05) is 18.2 Å². The highest BCUT2D eigenvalue weighted by Crippen LogP contribution is 2.47. The molecule has 4 nitrogen and oxygen atoms in total. The highest BCUT2D eigenvalue weighted by molar-refractivity contribution is 5.94. The molecule has 0 saturated heterocycles. The van der Waals surface area contributed by atoms with Crippen LogP contribution in [0.25, 0.3) is 0 Å². The van der Waals surface area contributed by atoms with E-state index < -0.39 is 0 Å². The van der Waals surface area contributed by atoms with Crippen molar-refractivity contribution in [3.63, 3.8) is 0 Å². The molecular formula is C13H13N3O. The number of carbonyl (C=O) groups excluding carboxylic acids is 1. The van der Waals surface area contributed by atoms with Crippen LogP contribution in [0.4, 0.5) is 5.82 Å². The molecule has 3 rings (SSSR count). The molecule has 1 aromatic carbocycles. The van der Waals surface area contributed by atoms with Gasteiger partial charge >= 0.3 is 0 Å². The van der Waals surface area contributed by atoms with Crippen LogP contribution in [-0.2, 0) is 4.79 Å². The molecule has 2 atom stereocenters. The fourth-order valence-electron chi connectivity index (χ4n) is 2.10. The Labute approximate surface area is 99.1 Å². The van der Waals surface area contributed by atoms with E-state index in [0.717, 1.165) is 6.42 Å². The summed E-state index contributed by atoms with van der Waals surface area (Å²) in [5, 5.41) is 9.34. The number of rotatable bonds is 3. The minimum absolute atomic E-state index is 0.0723. The van der Waals surface area contributed by atoms with E-state index in [-0.39, 0.29) is 11.8 Å². The van der Waals surface area contributed by atoms with E-state index in [9.17, 15) is 4.79 Å². The zero-order valence-corrected chi connectivity index (χ0v) is 9.26. The molecule has 1 aliphatic carbocycles. The lowest BCUT2D eigenvalue weighted by Gasteiger charge is -2.01. The van der Waals surface area contributed by atoms with Crippen LogP contribution in [0.3, 0.4) is 0 Å². The van der Waals surface area contributed by atoms with Crippen molar-refractivity contribution in [1.82, 2.24) is 10.2 Å². The van der Waals surface area contributed by atoms with Crippen molar-refractivity contribution in [1.29, 1.82) is 0 Å². The van der Waals surface area contributed by atoms with Gasteiger partial charge in [0.15, 0.2) is 0 Å². The number of nitrogens with zero attached hydrogens (tertiary/aromatic N) is 1. The Hall–Kier alpha value is -2.10. The zero-order valence-electron chi connectivity index (χ0n) is 9.26. The van der Waals surface area contributed by atoms with Crippen molar-refractivity contribution in [3.05, 3.63) is 48.2 Å². The highest BCUT2D eigenvalue weighted by Gasteiger charge is 2.43. The minimum atomic E-state index is 0.0723. The second-order valence-electron chi connectivity index (χ2n) is 4.32. The van der Waals surface area contributed by atoms with Gasteiger partial charge in [-0.05, 0) is 17.9 Å². The maximum Gasteiger partial charge on any atom is 0.229 e. The van der Waals surface area contributed by atoms with Crippen LogP contribution in [0.2, 0.25) is 0 Å². The molecule has 1 aliphatic rings. The Kier molecular flexibility index (Phi) is 2.40. The highest BCUT2D eigenvalue weighted by atomic mass is 16.2. The van der Waals surface area contributed by atoms with Gasteiger partial charge in [0.25, 0.3) is 0 Å². The molecule has 0 unspecified atom stereocenters. The van der Waals surface area contributed by atoms with Crippen LogP contribution in [-0.4, -0.2) is 16.1 Å². The summed E-state index contributed by atoms with van der Waals surface area (Å²) in [6.07, 6.45) is 2.56. The Morgan fingerprint density at radius 3 is 2.82 bits per heavy atom. The summed E-state index contributed by atoms with van der Waals surface area (Å²) in [6.45, 7) is 0. The van der Waals surface area contributed by atoms with Gasteiger partial charge in [-0.15, -0.1) is 0 Å². The van der Waals surface area contributed by atoms with Gasteiger partial charge in [-0.2, -0.15) is 5.10 Å². The number of aromatic amines is 1. The van der Waals surface area contributed by atoms with E-state index in [2.05, 4.69) is 27.6 Å². The van der Waals surface area contributed by atoms with Crippen LogP contribution in [0.15, 0.2) is 42.6 Å². The molecule has 0 aliphatic heterocycles. The molecule has 2 aromatic rings. The number of aromatic nitrogens is 2. The van der Waals surface area contributed by atoms with Crippen molar-refractivity contribution in [2.75, 3.05) is 5.32 Å². The molecule has 0 spiro atoms. The van der Waals surface area contributed by atoms with Gasteiger partial charge in [0.2, 0.25) is 5.91 Å². The summed E-state index contributed by atoms with van der Waals surface area (Å²) in [4.78, 5) is 11.9. The summed E-state index contributed by atoms with van der Waals surface area (Å²) in [7, 11) is 0. The van der Waals surface area contributed by atoms with Gasteiger partial charge in [-0.1, -0.05) is 30.3 Å². The van der Waals surface area contributed by atoms with Gasteiger partial charge in [0.05, 0.1) is 6.20 Å². The number of carbonyl (C=O) groups is 1. The zero-order chi connectivity index (χ0) is 11.7. The summed E-state index contributed by atoms with van der Waals surface area (Å²) in [5.74, 6) is 1.21. The van der Waals surface area contributed by atoms with E-state index >= 15 is 0 Å². The SMILES string of the molecule is O=C(Nc1ccn[nH]1)[C@H]1C[C@@H]1c1ccccc1. The third-order valence-corrected chi connectivity index (χ3v) is 3.11. The summed E-state index contributed by atoms with van der Waals surface area (Å²) < 4.78 is 0. The van der Waals surface area contributed by atoms with Crippen molar-refractivity contribution in [2.45, 2.75) is 12.3 Å². The first-order valence-corrected chi connectivity index (χ1v) is 5.70. The number of hydrogen-bond donors (Lipinski definition) is 2. The van der Waals surface area contributed by atoms with Gasteiger partial charge in [0, 0.05) is 12.0 Å². The molecule has 0 bridgehead atoms. The number of nitrogens with one attached hydrogen (secondary N) is 2. The third kappa shape index (κ3) is 2.06. The fourth-order valence-corrected chi connectivity index (χ4v) is 2.10. The van der Waals surface area contributed by atoms with E-state index in [0.29, 0.717) is 11.7 Å². The Bertz CT molecular complexity index is 507. The number of H-pyrrole nitrogens is 1. The topological polar surface area (TPSA) is 57.8 Å². The molecule has 1 fully saturated rings. The van der Waals surface area contributed by atoms with Gasteiger partial charge in [0.1, 0.15) is 5.82 Å². The Morgan fingerprint density at radius 1 is 1.29 bits per heavy atom. The molecule has 4 heteroatoms. The van der Waals surface area contributed by atoms with Crippen molar-refractivity contribution >= 4 is 11.7 Å². The molecule has 86 valence electrons. The predicted octanol–water partition coefficient (Wildman–Crippen LogP) is 2.15. The fraction of sp³-hybridized carbons (Fsp3) is 0.231. The second-order valence-corrected chi connectivity index (χ2v) is 4.32. The van der Waals surface area contributed by atoms with E-state index in [1.165, 1.54) is 5.56 Å². The van der Waals surface area contributed by atoms with Gasteiger partial charge < -0.3 is 5.32 Å². The van der Waals surface area contributed by atoms with Gasteiger partial charge in [-0.3, -0.25) is 9.89 Å². The van der Waals surface area contributed by atoms with E-state index in [4.69, 9.17) is 0 Å². The molecule has 1 aromatic heterocycles. The minimum Gasteiger partial charge on any atom is -0.311 e. The first-order valence-electron chi connectivity index (χ1n) is 5.70. The molecule has 1 amide bonds. The first-order chi connectivity index (χ1) is 8.34. The summed E-state index contributed by atoms with van der Waals surface area (Å²) >= 11 is 0. The monoisotopic (exact) mass is 227 g/mol. The van der Waals surface area contributed by atoms with Crippen LogP contribution >= 0.6 is 0 Å². The Balaban J connectivity index is 1.63. The van der Waals surface area contributed by atoms with Crippen LogP contribution in [0, 0.1) is 5.92 Å². The first kappa shape index (κ1) is 10.1. The molecule has 1 heterocycles. The largest absolute Gasteiger partial charge is 0.311 e. The number of amides is 1. The van der Waals surface area contributed by atoms with Crippen LogP contribution in [0.5, 0.6) is 0 Å². The van der Waals surface area contributed by atoms with E-state index in [1.54, 1.807) is 12.3 Å². The predicted molar refractivity (Wildman–Crippen MR) is 64.5 cm³/mol. The van der Waals surface area contributed by atoms with Crippen molar-refractivity contribution < 1.29 is 4.79 Å². The average molecular weight is 227 g/mol. The van der Waals surface area contributed by atoms with Crippen molar-refractivity contribution in [3.8, 4) is 0 Å². The normalized spacial score (nSPS) is 22.1. The smallest absolute Gasteiger partial charge is 0.229 e. The quantitative estimate of drug-likeness (QED) is 0.844. The number of hydrogen-bond acceptors (Lipinski definition) is 2. The lowest BCUT2D eigenvalue weighted by Crippen LogP contribution is -2.14. The summed E-state index contributed by atoms with van der Waals surface area (Å²) in [5.41, 5.74) is 1.25. The molecule has 2 N–H and O–H groups in total. The average Bonchev–Trinajstić information content (AvgIpc) is 3.02. The Morgan fingerprint density at radius 2 is 2.12 bits per heavy atom. The number of benzene rings is 1. The van der Waals surface area contributed by atoms with Gasteiger partial charge in [-0.25, -0.2) is 0 Å². The molecular weight excluding hydrogens is 214 g/mol. The van der Waals surface area contributed by atoms with Crippen LogP contribution in [0.1, 0.15) is 17.9 Å². The molecule has 17 heavy (non-hydrogen) atoms. The van der Waals surface area contributed by atoms with Crippen LogP contribution < -0.4 is 5.32 Å². The molecule has 0 radical (unpaired) electrons. The lowest BCUT2D eigenvalue weighted by molar-refractivity contribution is -0.117. The lowest BCUT2D eigenvalue weighted by atomic mass is 10.1. The maximum atomic E-state index is 11.9. The number of anilines is 1. The summed E-state index contributed by atoms with van der Waals surface area (Å²) in [6, 6.07) is 11.9.